The van der Waals surface area contributed by atoms with Gasteiger partial charge in [0.1, 0.15) is 11.9 Å². The van der Waals surface area contributed by atoms with Crippen molar-refractivity contribution in [3.05, 3.63) is 41.7 Å². The maximum atomic E-state index is 13.5. The maximum absolute atomic E-state index is 13.5. The molecule has 1 N–H and O–H groups in total. The number of carbonyl (C=O) groups is 1. The number of anilines is 2. The Morgan fingerprint density at radius 2 is 2.21 bits per heavy atom. The molecule has 0 fully saturated rings. The Kier molecular flexibility index (Phi) is 7.81. The Morgan fingerprint density at radius 1 is 1.50 bits per heavy atom. The Balaban J connectivity index is 2.29. The SMILES string of the molecule is C=CCSc1nnc(NC(=O)[C@@H](CC)N(c2ccc(F)c(Cl)c2)S(C)(=O)=O)s1. The zero-order valence-electron chi connectivity index (χ0n) is 15.1. The fourth-order valence-corrected chi connectivity index (χ4v) is 5.21. The quantitative estimate of drug-likeness (QED) is 0.345. The van der Waals surface area contributed by atoms with E-state index in [-0.39, 0.29) is 22.3 Å². The molecule has 0 bridgehead atoms. The van der Waals surface area contributed by atoms with Crippen molar-refractivity contribution in [2.24, 2.45) is 0 Å². The standard InChI is InChI=1S/C16H18ClFN4O3S3/c1-4-8-26-16-21-20-15(27-16)19-14(23)13(5-2)22(28(3,24)25)10-6-7-12(18)11(17)9-10/h4,6-7,9,13H,1,5,8H2,2-3H3,(H,19,20,23)/t13-/m1/s1. The van der Waals surface area contributed by atoms with Crippen LogP contribution in [0.25, 0.3) is 0 Å². The number of hydrogen-bond donors (Lipinski definition) is 1. The lowest BCUT2D eigenvalue weighted by molar-refractivity contribution is -0.117. The van der Waals surface area contributed by atoms with Gasteiger partial charge < -0.3 is 0 Å². The number of aromatic nitrogens is 2. The molecule has 0 saturated heterocycles. The summed E-state index contributed by atoms with van der Waals surface area (Å²) >= 11 is 8.37. The fraction of sp³-hybridized carbons (Fsp3) is 0.312. The molecule has 152 valence electrons. The summed E-state index contributed by atoms with van der Waals surface area (Å²) in [6, 6.07) is 2.40. The van der Waals surface area contributed by atoms with Gasteiger partial charge in [-0.2, -0.15) is 0 Å². The van der Waals surface area contributed by atoms with Gasteiger partial charge in [-0.25, -0.2) is 12.8 Å². The number of rotatable bonds is 9. The highest BCUT2D eigenvalue weighted by Gasteiger charge is 2.32. The van der Waals surface area contributed by atoms with Gasteiger partial charge in [0, 0.05) is 5.75 Å². The van der Waals surface area contributed by atoms with E-state index in [1.165, 1.54) is 35.2 Å². The number of thioether (sulfide) groups is 1. The predicted octanol–water partition coefficient (Wildman–Crippen LogP) is 3.79. The summed E-state index contributed by atoms with van der Waals surface area (Å²) in [6.07, 6.45) is 2.86. The molecule has 0 saturated carbocycles. The van der Waals surface area contributed by atoms with Crippen molar-refractivity contribution in [1.29, 1.82) is 0 Å². The summed E-state index contributed by atoms with van der Waals surface area (Å²) in [4.78, 5) is 12.8. The zero-order valence-corrected chi connectivity index (χ0v) is 18.3. The van der Waals surface area contributed by atoms with E-state index in [1.54, 1.807) is 13.0 Å². The third-order valence-corrected chi connectivity index (χ3v) is 6.89. The summed E-state index contributed by atoms with van der Waals surface area (Å²) in [5.41, 5.74) is 0.0930. The summed E-state index contributed by atoms with van der Waals surface area (Å²) in [5, 5.41) is 10.4. The van der Waals surface area contributed by atoms with E-state index in [2.05, 4.69) is 22.1 Å². The number of sulfonamides is 1. The van der Waals surface area contributed by atoms with Crippen LogP contribution in [0.2, 0.25) is 5.02 Å². The molecular weight excluding hydrogens is 447 g/mol. The highest BCUT2D eigenvalue weighted by Crippen LogP contribution is 2.29. The molecular formula is C16H18ClFN4O3S3. The Labute approximate surface area is 176 Å². The molecule has 12 heteroatoms. The molecule has 0 aliphatic heterocycles. The summed E-state index contributed by atoms with van der Waals surface area (Å²) in [6.45, 7) is 5.28. The number of nitrogens with one attached hydrogen (secondary N) is 1. The molecule has 0 spiro atoms. The second-order valence-corrected chi connectivity index (χ2v) is 10.1. The highest BCUT2D eigenvalue weighted by molar-refractivity contribution is 8.01. The number of hydrogen-bond acceptors (Lipinski definition) is 7. The predicted molar refractivity (Wildman–Crippen MR) is 112 cm³/mol. The molecule has 1 aromatic heterocycles. The third-order valence-electron chi connectivity index (χ3n) is 3.45. The Bertz CT molecular complexity index is 968. The van der Waals surface area contributed by atoms with Crippen LogP contribution >= 0.6 is 34.7 Å². The van der Waals surface area contributed by atoms with Crippen molar-refractivity contribution < 1.29 is 17.6 Å². The largest absolute Gasteiger partial charge is 0.299 e. The molecule has 1 heterocycles. The van der Waals surface area contributed by atoms with Gasteiger partial charge in [-0.05, 0) is 24.6 Å². The van der Waals surface area contributed by atoms with Crippen LogP contribution in [0.4, 0.5) is 15.2 Å². The lowest BCUT2D eigenvalue weighted by Crippen LogP contribution is -2.47. The minimum atomic E-state index is -3.86. The van der Waals surface area contributed by atoms with Crippen molar-refractivity contribution in [2.75, 3.05) is 21.6 Å². The van der Waals surface area contributed by atoms with Gasteiger partial charge in [-0.3, -0.25) is 14.4 Å². The second kappa shape index (κ2) is 9.68. The molecule has 0 radical (unpaired) electrons. The molecule has 0 aliphatic carbocycles. The third kappa shape index (κ3) is 5.66. The van der Waals surface area contributed by atoms with Crippen molar-refractivity contribution in [3.8, 4) is 0 Å². The minimum Gasteiger partial charge on any atom is -0.299 e. The van der Waals surface area contributed by atoms with Crippen LogP contribution in [0.3, 0.4) is 0 Å². The van der Waals surface area contributed by atoms with Crippen molar-refractivity contribution in [3.63, 3.8) is 0 Å². The van der Waals surface area contributed by atoms with Gasteiger partial charge >= 0.3 is 0 Å². The summed E-state index contributed by atoms with van der Waals surface area (Å²) in [7, 11) is -3.86. The van der Waals surface area contributed by atoms with Gasteiger partial charge in [0.25, 0.3) is 0 Å². The van der Waals surface area contributed by atoms with E-state index < -0.39 is 27.8 Å². The topological polar surface area (TPSA) is 92.3 Å². The first kappa shape index (κ1) is 22.6. The van der Waals surface area contributed by atoms with Crippen molar-refractivity contribution in [2.45, 2.75) is 23.7 Å². The van der Waals surface area contributed by atoms with E-state index in [0.717, 1.165) is 16.6 Å². The first-order chi connectivity index (χ1) is 13.2. The summed E-state index contributed by atoms with van der Waals surface area (Å²) < 4.78 is 39.8. The smallest absolute Gasteiger partial charge is 0.250 e. The number of nitrogens with zero attached hydrogens (tertiary/aromatic N) is 3. The number of benzene rings is 1. The van der Waals surface area contributed by atoms with Gasteiger partial charge in [0.15, 0.2) is 4.34 Å². The lowest BCUT2D eigenvalue weighted by Gasteiger charge is -2.29. The molecule has 0 unspecified atom stereocenters. The number of halogens is 2. The molecule has 7 nitrogen and oxygen atoms in total. The van der Waals surface area contributed by atoms with Crippen molar-refractivity contribution >= 4 is 61.4 Å². The zero-order chi connectivity index (χ0) is 20.9. The maximum Gasteiger partial charge on any atom is 0.250 e. The fourth-order valence-electron chi connectivity index (χ4n) is 2.32. The molecule has 2 rings (SSSR count). The van der Waals surface area contributed by atoms with Crippen LogP contribution in [0.5, 0.6) is 0 Å². The second-order valence-electron chi connectivity index (χ2n) is 5.54. The monoisotopic (exact) mass is 464 g/mol. The lowest BCUT2D eigenvalue weighted by atomic mass is 10.2. The van der Waals surface area contributed by atoms with E-state index in [0.29, 0.717) is 10.1 Å². The average molecular weight is 465 g/mol. The minimum absolute atomic E-state index is 0.0930. The van der Waals surface area contributed by atoms with Gasteiger partial charge in [0.2, 0.25) is 21.1 Å². The first-order valence-corrected chi connectivity index (χ1v) is 12.0. The van der Waals surface area contributed by atoms with Crippen LogP contribution in [0.15, 0.2) is 35.2 Å². The number of amides is 1. The van der Waals surface area contributed by atoms with Crippen LogP contribution in [0, 0.1) is 5.82 Å². The molecule has 0 aliphatic rings. The van der Waals surface area contributed by atoms with Crippen LogP contribution in [-0.4, -0.2) is 42.6 Å². The van der Waals surface area contributed by atoms with Crippen LogP contribution in [-0.2, 0) is 14.8 Å². The highest BCUT2D eigenvalue weighted by atomic mass is 35.5. The molecule has 1 atom stereocenters. The normalized spacial score (nSPS) is 12.4. The van der Waals surface area contributed by atoms with E-state index in [9.17, 15) is 17.6 Å². The average Bonchev–Trinajstić information content (AvgIpc) is 3.06. The van der Waals surface area contributed by atoms with E-state index in [4.69, 9.17) is 11.6 Å². The van der Waals surface area contributed by atoms with Crippen LogP contribution < -0.4 is 9.62 Å². The van der Waals surface area contributed by atoms with E-state index >= 15 is 0 Å². The van der Waals surface area contributed by atoms with Crippen LogP contribution in [0.1, 0.15) is 13.3 Å². The van der Waals surface area contributed by atoms with E-state index in [1.807, 2.05) is 0 Å². The Morgan fingerprint density at radius 3 is 2.79 bits per heavy atom. The Hall–Kier alpha value is -1.69. The summed E-state index contributed by atoms with van der Waals surface area (Å²) in [5.74, 6) is -0.618. The van der Waals surface area contributed by atoms with Gasteiger partial charge in [-0.15, -0.1) is 16.8 Å². The molecule has 28 heavy (non-hydrogen) atoms. The number of carbonyl (C=O) groups excluding carboxylic acids is 1. The molecule has 1 aromatic carbocycles. The first-order valence-electron chi connectivity index (χ1n) is 7.99. The van der Waals surface area contributed by atoms with Gasteiger partial charge in [0.05, 0.1) is 17.0 Å². The molecule has 1 amide bonds. The molecule has 2 aromatic rings. The van der Waals surface area contributed by atoms with Gasteiger partial charge in [-0.1, -0.05) is 47.7 Å². The van der Waals surface area contributed by atoms with Crippen molar-refractivity contribution in [1.82, 2.24) is 10.2 Å².